The summed E-state index contributed by atoms with van der Waals surface area (Å²) in [7, 11) is 0. The number of hydrogen-bond donors (Lipinski definition) is 1. The van der Waals surface area contributed by atoms with Gasteiger partial charge in [-0.25, -0.2) is 9.80 Å². The summed E-state index contributed by atoms with van der Waals surface area (Å²) in [4.78, 5) is 35.1. The Morgan fingerprint density at radius 3 is 2.53 bits per heavy atom. The van der Waals surface area contributed by atoms with Gasteiger partial charge in [0.1, 0.15) is 11.5 Å². The molecule has 3 aromatic carbocycles. The van der Waals surface area contributed by atoms with Crippen molar-refractivity contribution in [2.24, 2.45) is 5.10 Å². The highest BCUT2D eigenvalue weighted by atomic mass is 32.2. The van der Waals surface area contributed by atoms with E-state index in [4.69, 9.17) is 14.6 Å². The van der Waals surface area contributed by atoms with Crippen LogP contribution in [-0.4, -0.2) is 27.8 Å². The van der Waals surface area contributed by atoms with Gasteiger partial charge in [0, 0.05) is 23.6 Å². The molecule has 2 unspecified atom stereocenters. The number of nitrogens with zero attached hydrogens (tertiary/aromatic N) is 2. The third-order valence-electron chi connectivity index (χ3n) is 6.08. The second kappa shape index (κ2) is 9.01. The van der Waals surface area contributed by atoms with Gasteiger partial charge in [-0.1, -0.05) is 48.5 Å². The highest BCUT2D eigenvalue weighted by Crippen LogP contribution is 2.47. The lowest BCUT2D eigenvalue weighted by atomic mass is 9.96. The molecule has 3 aliphatic heterocycles. The van der Waals surface area contributed by atoms with E-state index < -0.39 is 23.3 Å². The minimum absolute atomic E-state index is 0.00282. The standard InChI is InChI=1S/C27H19N3O5S/c31-24(15-23-25(32)28-27(33)36-23)34-18-12-10-17(11-13-18)26-30-21(19-8-4-5-9-22(19)35-26)14-20(29-30)16-6-2-1-3-7-16/h1-13,15,21,26H,14H2,(H,28,32,33). The molecule has 0 aromatic heterocycles. The first-order chi connectivity index (χ1) is 17.5. The molecule has 3 aromatic rings. The van der Waals surface area contributed by atoms with Gasteiger partial charge >= 0.3 is 5.97 Å². The molecule has 2 amide bonds. The van der Waals surface area contributed by atoms with Crippen LogP contribution in [0.25, 0.3) is 0 Å². The van der Waals surface area contributed by atoms with Gasteiger partial charge in [-0.15, -0.1) is 0 Å². The Morgan fingerprint density at radius 2 is 1.78 bits per heavy atom. The van der Waals surface area contributed by atoms with Gasteiger partial charge in [0.2, 0.25) is 6.23 Å². The highest BCUT2D eigenvalue weighted by Gasteiger charge is 2.40. The van der Waals surface area contributed by atoms with Crippen LogP contribution in [0.3, 0.4) is 0 Å². The summed E-state index contributed by atoms with van der Waals surface area (Å²) in [6.45, 7) is 0. The Labute approximate surface area is 210 Å². The maximum Gasteiger partial charge on any atom is 0.337 e. The molecule has 0 radical (unpaired) electrons. The second-order valence-electron chi connectivity index (χ2n) is 8.36. The van der Waals surface area contributed by atoms with E-state index in [2.05, 4.69) is 23.5 Å². The predicted octanol–water partition coefficient (Wildman–Crippen LogP) is 4.70. The van der Waals surface area contributed by atoms with Crippen LogP contribution in [0.1, 0.15) is 35.4 Å². The van der Waals surface area contributed by atoms with Gasteiger partial charge in [-0.3, -0.25) is 14.9 Å². The maximum atomic E-state index is 12.2. The van der Waals surface area contributed by atoms with Crippen molar-refractivity contribution < 1.29 is 23.9 Å². The number of esters is 1. The Balaban J connectivity index is 1.25. The lowest BCUT2D eigenvalue weighted by Gasteiger charge is -2.38. The van der Waals surface area contributed by atoms with Crippen molar-refractivity contribution in [1.29, 1.82) is 0 Å². The third-order valence-corrected chi connectivity index (χ3v) is 6.89. The van der Waals surface area contributed by atoms with Gasteiger partial charge in [0.05, 0.1) is 16.7 Å². The lowest BCUT2D eigenvalue weighted by Crippen LogP contribution is -2.33. The van der Waals surface area contributed by atoms with Crippen molar-refractivity contribution in [3.63, 3.8) is 0 Å². The molecule has 0 bridgehead atoms. The number of thioether (sulfide) groups is 1. The first-order valence-corrected chi connectivity index (χ1v) is 12.1. The SMILES string of the molecule is O=C(C=C1SC(=O)NC1=O)Oc1ccc(C2Oc3ccccc3C3CC(c4ccccc4)=NN32)cc1. The van der Waals surface area contributed by atoms with Crippen LogP contribution >= 0.6 is 11.8 Å². The maximum absolute atomic E-state index is 12.2. The number of carbonyl (C=O) groups is 3. The van der Waals surface area contributed by atoms with Gasteiger partial charge in [0.25, 0.3) is 11.1 Å². The molecule has 0 aliphatic carbocycles. The van der Waals surface area contributed by atoms with E-state index in [9.17, 15) is 14.4 Å². The topological polar surface area (TPSA) is 97.3 Å². The van der Waals surface area contributed by atoms with Gasteiger partial charge in [-0.2, -0.15) is 5.10 Å². The largest absolute Gasteiger partial charge is 0.464 e. The number of nitrogens with one attached hydrogen (secondary N) is 1. The zero-order valence-corrected chi connectivity index (χ0v) is 19.6. The Hall–Kier alpha value is -4.37. The van der Waals surface area contributed by atoms with Gasteiger partial charge in [0.15, 0.2) is 0 Å². The molecular weight excluding hydrogens is 478 g/mol. The summed E-state index contributed by atoms with van der Waals surface area (Å²) in [5, 5.41) is 8.51. The summed E-state index contributed by atoms with van der Waals surface area (Å²) in [5.41, 5.74) is 4.02. The third kappa shape index (κ3) is 4.14. The summed E-state index contributed by atoms with van der Waals surface area (Å²) in [6, 6.07) is 25.1. The molecule has 2 atom stereocenters. The molecule has 1 N–H and O–H groups in total. The van der Waals surface area contributed by atoms with E-state index in [1.165, 1.54) is 0 Å². The molecule has 0 spiro atoms. The number of hydrazone groups is 1. The average Bonchev–Trinajstić information content (AvgIpc) is 3.47. The van der Waals surface area contributed by atoms with Crippen molar-refractivity contribution >= 4 is 34.6 Å². The molecule has 36 heavy (non-hydrogen) atoms. The first-order valence-electron chi connectivity index (χ1n) is 11.3. The molecule has 8 nitrogen and oxygen atoms in total. The summed E-state index contributed by atoms with van der Waals surface area (Å²) < 4.78 is 11.7. The lowest BCUT2D eigenvalue weighted by molar-refractivity contribution is -0.129. The fourth-order valence-electron chi connectivity index (χ4n) is 4.43. The van der Waals surface area contributed by atoms with Crippen LogP contribution in [0.15, 0.2) is 94.9 Å². The number of imide groups is 1. The molecule has 1 saturated heterocycles. The average molecular weight is 498 g/mol. The number of carbonyl (C=O) groups excluding carboxylic acids is 3. The second-order valence-corrected chi connectivity index (χ2v) is 9.38. The zero-order valence-electron chi connectivity index (χ0n) is 18.8. The first kappa shape index (κ1) is 22.1. The van der Waals surface area contributed by atoms with E-state index in [0.717, 1.165) is 40.6 Å². The summed E-state index contributed by atoms with van der Waals surface area (Å²) in [5.74, 6) is -0.229. The van der Waals surface area contributed by atoms with Gasteiger partial charge < -0.3 is 9.47 Å². The van der Waals surface area contributed by atoms with Crippen molar-refractivity contribution in [1.82, 2.24) is 10.3 Å². The van der Waals surface area contributed by atoms with Crippen molar-refractivity contribution in [2.45, 2.75) is 18.7 Å². The van der Waals surface area contributed by atoms with E-state index in [1.807, 2.05) is 53.5 Å². The highest BCUT2D eigenvalue weighted by molar-refractivity contribution is 8.18. The van der Waals surface area contributed by atoms with Crippen LogP contribution in [-0.2, 0) is 9.59 Å². The quantitative estimate of drug-likeness (QED) is 0.317. The molecule has 178 valence electrons. The van der Waals surface area contributed by atoms with Gasteiger partial charge in [-0.05, 0) is 47.7 Å². The van der Waals surface area contributed by atoms with Crippen molar-refractivity contribution in [3.05, 3.63) is 107 Å². The molecule has 6 rings (SSSR count). The molecule has 1 fully saturated rings. The molecule has 3 aliphatic rings. The fraction of sp³-hybridized carbons (Fsp3) is 0.111. The van der Waals surface area contributed by atoms with E-state index in [1.54, 1.807) is 12.1 Å². The summed E-state index contributed by atoms with van der Waals surface area (Å²) in [6.07, 6.45) is 1.32. The van der Waals surface area contributed by atoms with Crippen molar-refractivity contribution in [2.75, 3.05) is 0 Å². The van der Waals surface area contributed by atoms with Crippen LogP contribution in [0, 0.1) is 0 Å². The van der Waals surface area contributed by atoms with Crippen LogP contribution < -0.4 is 14.8 Å². The van der Waals surface area contributed by atoms with E-state index in [0.29, 0.717) is 17.5 Å². The normalized spacial score (nSPS) is 21.4. The smallest absolute Gasteiger partial charge is 0.337 e. The number of rotatable bonds is 4. The number of fused-ring (bicyclic) bond motifs is 3. The minimum Gasteiger partial charge on any atom is -0.464 e. The number of amides is 2. The summed E-state index contributed by atoms with van der Waals surface area (Å²) >= 11 is 0.662. The number of benzene rings is 3. The monoisotopic (exact) mass is 497 g/mol. The molecule has 3 heterocycles. The minimum atomic E-state index is -0.741. The van der Waals surface area contributed by atoms with E-state index >= 15 is 0 Å². The van der Waals surface area contributed by atoms with Crippen LogP contribution in [0.2, 0.25) is 0 Å². The number of para-hydroxylation sites is 1. The van der Waals surface area contributed by atoms with Crippen LogP contribution in [0.4, 0.5) is 4.79 Å². The Morgan fingerprint density at radius 1 is 1.03 bits per heavy atom. The van der Waals surface area contributed by atoms with Crippen molar-refractivity contribution in [3.8, 4) is 11.5 Å². The molecular formula is C27H19N3O5S. The zero-order chi connectivity index (χ0) is 24.6. The fourth-order valence-corrected chi connectivity index (χ4v) is 5.08. The number of hydrogen-bond acceptors (Lipinski definition) is 8. The Bertz CT molecular complexity index is 1440. The molecule has 0 saturated carbocycles. The number of ether oxygens (including phenoxy) is 2. The predicted molar refractivity (Wildman–Crippen MR) is 133 cm³/mol. The van der Waals surface area contributed by atoms with E-state index in [-0.39, 0.29) is 10.9 Å². The Kier molecular flexibility index (Phi) is 5.54. The van der Waals surface area contributed by atoms with Crippen LogP contribution in [0.5, 0.6) is 11.5 Å². The molecule has 9 heteroatoms.